The highest BCUT2D eigenvalue weighted by Gasteiger charge is 2.27. The number of hydrogen-bond donors (Lipinski definition) is 3. The van der Waals surface area contributed by atoms with Crippen molar-refractivity contribution in [3.8, 4) is 5.75 Å². The zero-order valence-corrected chi connectivity index (χ0v) is 12.4. The third-order valence-electron chi connectivity index (χ3n) is 5.16. The van der Waals surface area contributed by atoms with Crippen LogP contribution in [-0.4, -0.2) is 11.0 Å². The Kier molecular flexibility index (Phi) is 4.15. The van der Waals surface area contributed by atoms with Crippen LogP contribution in [-0.2, 0) is 0 Å². The summed E-state index contributed by atoms with van der Waals surface area (Å²) in [5.41, 5.74) is 4.65. The predicted molar refractivity (Wildman–Crippen MR) is 82.2 cm³/mol. The third-order valence-corrected chi connectivity index (χ3v) is 5.16. The Balaban J connectivity index is 2.04. The van der Waals surface area contributed by atoms with Crippen LogP contribution in [0.1, 0.15) is 84.7 Å². The fourth-order valence-electron chi connectivity index (χ4n) is 3.97. The number of phenolic OH excluding ortho intramolecular Hbond substituents is 1. The number of carbonyl (C=O) groups is 1. The van der Waals surface area contributed by atoms with E-state index in [2.05, 4.69) is 11.5 Å². The maximum atomic E-state index is 12.0. The second-order valence-corrected chi connectivity index (χ2v) is 6.44. The Morgan fingerprint density at radius 2 is 1.62 bits per heavy atom. The molecule has 0 spiro atoms. The minimum Gasteiger partial charge on any atom is -0.507 e. The predicted octanol–water partition coefficient (Wildman–Crippen LogP) is 3.31. The van der Waals surface area contributed by atoms with Crippen LogP contribution >= 0.6 is 0 Å². The molecule has 4 N–H and O–H groups in total. The number of amides is 1. The Morgan fingerprint density at radius 3 is 2.19 bits per heavy atom. The van der Waals surface area contributed by atoms with Gasteiger partial charge in [0.25, 0.3) is 5.91 Å². The van der Waals surface area contributed by atoms with E-state index in [1.54, 1.807) is 0 Å². The molecule has 0 aromatic heterocycles. The molecule has 0 heterocycles. The second-order valence-electron chi connectivity index (χ2n) is 6.44. The molecule has 1 aromatic carbocycles. The van der Waals surface area contributed by atoms with Crippen molar-refractivity contribution in [1.82, 2.24) is 5.43 Å². The molecule has 21 heavy (non-hydrogen) atoms. The highest BCUT2D eigenvalue weighted by atomic mass is 16.3. The highest BCUT2D eigenvalue weighted by Crippen LogP contribution is 2.43. The lowest BCUT2D eigenvalue weighted by Gasteiger charge is -2.19. The summed E-state index contributed by atoms with van der Waals surface area (Å²) in [5, 5.41) is 10.5. The summed E-state index contributed by atoms with van der Waals surface area (Å²) in [6, 6.07) is 3.99. The second kappa shape index (κ2) is 6.06. The minimum absolute atomic E-state index is 0.131. The van der Waals surface area contributed by atoms with Gasteiger partial charge in [0.1, 0.15) is 5.75 Å². The van der Waals surface area contributed by atoms with Crippen molar-refractivity contribution in [1.29, 1.82) is 0 Å². The monoisotopic (exact) mass is 288 g/mol. The summed E-state index contributed by atoms with van der Waals surface area (Å²) in [4.78, 5) is 12.0. The number of aromatic hydroxyl groups is 1. The molecule has 2 saturated carbocycles. The molecule has 0 saturated heterocycles. The van der Waals surface area contributed by atoms with Crippen molar-refractivity contribution in [3.63, 3.8) is 0 Å². The smallest absolute Gasteiger partial charge is 0.268 e. The normalized spacial score (nSPS) is 20.0. The van der Waals surface area contributed by atoms with Gasteiger partial charge in [-0.25, -0.2) is 5.84 Å². The quantitative estimate of drug-likeness (QED) is 0.454. The van der Waals surface area contributed by atoms with Gasteiger partial charge in [-0.1, -0.05) is 31.7 Å². The molecule has 1 aromatic rings. The van der Waals surface area contributed by atoms with E-state index < -0.39 is 5.91 Å². The fourth-order valence-corrected chi connectivity index (χ4v) is 3.97. The summed E-state index contributed by atoms with van der Waals surface area (Å²) < 4.78 is 0. The first kappa shape index (κ1) is 14.4. The van der Waals surface area contributed by atoms with E-state index in [-0.39, 0.29) is 5.75 Å². The standard InChI is InChI=1S/C17H24N2O2/c18-19-17(21)15-10-13(11-5-1-2-6-11)9-14(16(15)20)12-7-3-4-8-12/h9-12,20H,1-8,18H2,(H,19,21). The summed E-state index contributed by atoms with van der Waals surface area (Å²) in [6.45, 7) is 0. The number of rotatable bonds is 3. The zero-order chi connectivity index (χ0) is 14.8. The Morgan fingerprint density at radius 1 is 1.05 bits per heavy atom. The first-order valence-electron chi connectivity index (χ1n) is 8.08. The zero-order valence-electron chi connectivity index (χ0n) is 12.4. The summed E-state index contributed by atoms with van der Waals surface area (Å²) in [5.74, 6) is 5.91. The molecular weight excluding hydrogens is 264 g/mol. The molecule has 0 unspecified atom stereocenters. The molecule has 2 aliphatic carbocycles. The van der Waals surface area contributed by atoms with Crippen LogP contribution in [0.15, 0.2) is 12.1 Å². The van der Waals surface area contributed by atoms with Gasteiger partial charge in [0.2, 0.25) is 0 Å². The van der Waals surface area contributed by atoms with Gasteiger partial charge < -0.3 is 5.11 Å². The van der Waals surface area contributed by atoms with Crippen LogP contribution in [0.5, 0.6) is 5.75 Å². The van der Waals surface area contributed by atoms with Gasteiger partial charge in [0, 0.05) is 0 Å². The first-order valence-corrected chi connectivity index (χ1v) is 8.08. The molecule has 0 aliphatic heterocycles. The molecule has 0 radical (unpaired) electrons. The molecule has 3 rings (SSSR count). The van der Waals surface area contributed by atoms with Crippen LogP contribution in [0.2, 0.25) is 0 Å². The maximum Gasteiger partial charge on any atom is 0.268 e. The van der Waals surface area contributed by atoms with E-state index in [4.69, 9.17) is 5.84 Å². The van der Waals surface area contributed by atoms with Crippen LogP contribution in [0.25, 0.3) is 0 Å². The van der Waals surface area contributed by atoms with Crippen molar-refractivity contribution in [3.05, 3.63) is 28.8 Å². The van der Waals surface area contributed by atoms with Crippen molar-refractivity contribution in [2.45, 2.75) is 63.2 Å². The van der Waals surface area contributed by atoms with Crippen LogP contribution in [0, 0.1) is 0 Å². The largest absolute Gasteiger partial charge is 0.507 e. The van der Waals surface area contributed by atoms with Gasteiger partial charge in [-0.2, -0.15) is 0 Å². The fraction of sp³-hybridized carbons (Fsp3) is 0.588. The number of phenols is 1. The summed E-state index contributed by atoms with van der Waals surface area (Å²) >= 11 is 0. The van der Waals surface area contributed by atoms with Crippen molar-refractivity contribution < 1.29 is 9.90 Å². The minimum atomic E-state index is -0.397. The van der Waals surface area contributed by atoms with Crippen molar-refractivity contribution >= 4 is 5.91 Å². The lowest BCUT2D eigenvalue weighted by atomic mass is 9.87. The lowest BCUT2D eigenvalue weighted by Crippen LogP contribution is -2.30. The number of hydrogen-bond acceptors (Lipinski definition) is 3. The highest BCUT2D eigenvalue weighted by molar-refractivity contribution is 5.97. The van der Waals surface area contributed by atoms with E-state index in [1.807, 2.05) is 6.07 Å². The first-order chi connectivity index (χ1) is 10.2. The van der Waals surface area contributed by atoms with Gasteiger partial charge >= 0.3 is 0 Å². The molecule has 1 amide bonds. The maximum absolute atomic E-state index is 12.0. The number of nitrogen functional groups attached to an aromatic ring is 1. The van der Waals surface area contributed by atoms with E-state index >= 15 is 0 Å². The molecule has 0 atom stereocenters. The van der Waals surface area contributed by atoms with Gasteiger partial charge in [0.15, 0.2) is 0 Å². The average molecular weight is 288 g/mol. The Bertz CT molecular complexity index is 530. The number of nitrogens with two attached hydrogens (primary N) is 1. The number of nitrogens with one attached hydrogen (secondary N) is 1. The Labute approximate surface area is 125 Å². The van der Waals surface area contributed by atoms with Crippen LogP contribution in [0.3, 0.4) is 0 Å². The van der Waals surface area contributed by atoms with E-state index in [0.29, 0.717) is 17.4 Å². The van der Waals surface area contributed by atoms with Gasteiger partial charge in [-0.05, 0) is 54.7 Å². The molecule has 114 valence electrons. The summed E-state index contributed by atoms with van der Waals surface area (Å²) in [7, 11) is 0. The lowest BCUT2D eigenvalue weighted by molar-refractivity contribution is 0.0950. The van der Waals surface area contributed by atoms with Gasteiger partial charge in [-0.3, -0.25) is 10.2 Å². The third kappa shape index (κ3) is 2.77. The topological polar surface area (TPSA) is 75.3 Å². The molecular formula is C17H24N2O2. The van der Waals surface area contributed by atoms with Crippen molar-refractivity contribution in [2.24, 2.45) is 5.84 Å². The Hall–Kier alpha value is -1.55. The molecule has 2 aliphatic rings. The van der Waals surface area contributed by atoms with E-state index in [9.17, 15) is 9.90 Å². The SMILES string of the molecule is NNC(=O)c1cc(C2CCCC2)cc(C2CCCC2)c1O. The molecule has 0 bridgehead atoms. The van der Waals surface area contributed by atoms with Gasteiger partial charge in [-0.15, -0.1) is 0 Å². The molecule has 4 heteroatoms. The number of benzene rings is 1. The van der Waals surface area contributed by atoms with Gasteiger partial charge in [0.05, 0.1) is 5.56 Å². The average Bonchev–Trinajstić information content (AvgIpc) is 3.19. The number of carbonyl (C=O) groups excluding carboxylic acids is 1. The van der Waals surface area contributed by atoms with E-state index in [0.717, 1.165) is 18.4 Å². The molecule has 4 nitrogen and oxygen atoms in total. The van der Waals surface area contributed by atoms with Crippen LogP contribution < -0.4 is 11.3 Å². The van der Waals surface area contributed by atoms with Crippen molar-refractivity contribution in [2.75, 3.05) is 0 Å². The summed E-state index contributed by atoms with van der Waals surface area (Å²) in [6.07, 6.45) is 9.48. The molecule has 2 fully saturated rings. The van der Waals surface area contributed by atoms with Crippen LogP contribution in [0.4, 0.5) is 0 Å². The number of hydrazine groups is 1. The van der Waals surface area contributed by atoms with E-state index in [1.165, 1.54) is 44.1 Å².